The van der Waals surface area contributed by atoms with Gasteiger partial charge in [0.25, 0.3) is 0 Å². The number of hydrogen-bond acceptors (Lipinski definition) is 1. The maximum absolute atomic E-state index is 13.0. The van der Waals surface area contributed by atoms with Crippen LogP contribution < -0.4 is 0 Å². The van der Waals surface area contributed by atoms with E-state index in [1.807, 2.05) is 6.92 Å². The lowest BCUT2D eigenvalue weighted by Gasteiger charge is -2.11. The molecule has 0 spiro atoms. The van der Waals surface area contributed by atoms with E-state index < -0.39 is 17.7 Å². The van der Waals surface area contributed by atoms with E-state index in [9.17, 15) is 13.9 Å². The van der Waals surface area contributed by atoms with E-state index in [0.717, 1.165) is 12.1 Å². The van der Waals surface area contributed by atoms with Crippen molar-refractivity contribution in [3.8, 4) is 0 Å². The lowest BCUT2D eigenvalue weighted by atomic mass is 10.0. The Bertz CT molecular complexity index is 266. The lowest BCUT2D eigenvalue weighted by molar-refractivity contribution is 0.157. The topological polar surface area (TPSA) is 20.2 Å². The summed E-state index contributed by atoms with van der Waals surface area (Å²) < 4.78 is 26.0. The van der Waals surface area contributed by atoms with E-state index in [-0.39, 0.29) is 5.56 Å². The average molecular weight is 186 g/mol. The third kappa shape index (κ3) is 2.25. The number of rotatable bonds is 3. The Morgan fingerprint density at radius 1 is 1.31 bits per heavy atom. The Morgan fingerprint density at radius 2 is 1.85 bits per heavy atom. The summed E-state index contributed by atoms with van der Waals surface area (Å²) in [5.74, 6) is -1.36. The van der Waals surface area contributed by atoms with Crippen molar-refractivity contribution in [3.63, 3.8) is 0 Å². The van der Waals surface area contributed by atoms with Crippen molar-refractivity contribution in [1.82, 2.24) is 0 Å². The van der Waals surface area contributed by atoms with Crippen LogP contribution in [0.4, 0.5) is 8.78 Å². The predicted octanol–water partition coefficient (Wildman–Crippen LogP) is 2.80. The first-order chi connectivity index (χ1) is 6.16. The van der Waals surface area contributed by atoms with Crippen molar-refractivity contribution in [1.29, 1.82) is 0 Å². The highest BCUT2D eigenvalue weighted by molar-refractivity contribution is 5.21. The highest BCUT2D eigenvalue weighted by Crippen LogP contribution is 2.23. The molecule has 1 nitrogen and oxygen atoms in total. The van der Waals surface area contributed by atoms with Crippen LogP contribution in [0.15, 0.2) is 18.2 Å². The molecule has 0 aliphatic carbocycles. The van der Waals surface area contributed by atoms with Gasteiger partial charge in [-0.05, 0) is 18.6 Å². The molecular weight excluding hydrogens is 174 g/mol. The van der Waals surface area contributed by atoms with Crippen LogP contribution in [0.1, 0.15) is 31.4 Å². The molecule has 0 aliphatic heterocycles. The zero-order chi connectivity index (χ0) is 9.84. The van der Waals surface area contributed by atoms with Crippen molar-refractivity contribution in [2.24, 2.45) is 0 Å². The van der Waals surface area contributed by atoms with Crippen LogP contribution in [0, 0.1) is 11.6 Å². The zero-order valence-electron chi connectivity index (χ0n) is 7.43. The van der Waals surface area contributed by atoms with Crippen molar-refractivity contribution < 1.29 is 13.9 Å². The number of aliphatic hydroxyl groups excluding tert-OH is 1. The molecule has 0 fully saturated rings. The van der Waals surface area contributed by atoms with Crippen LogP contribution in [0.2, 0.25) is 0 Å². The molecule has 0 radical (unpaired) electrons. The summed E-state index contributed by atoms with van der Waals surface area (Å²) in [4.78, 5) is 0. The summed E-state index contributed by atoms with van der Waals surface area (Å²) in [6.07, 6.45) is 0.0264. The van der Waals surface area contributed by atoms with Crippen molar-refractivity contribution in [3.05, 3.63) is 35.4 Å². The summed E-state index contributed by atoms with van der Waals surface area (Å²) in [6, 6.07) is 3.58. The maximum Gasteiger partial charge on any atom is 0.131 e. The van der Waals surface area contributed by atoms with Crippen LogP contribution in [0.5, 0.6) is 0 Å². The first-order valence-corrected chi connectivity index (χ1v) is 4.28. The Labute approximate surface area is 76.0 Å². The molecule has 0 aromatic heterocycles. The van der Waals surface area contributed by atoms with Gasteiger partial charge in [-0.3, -0.25) is 0 Å². The second-order valence-corrected chi connectivity index (χ2v) is 2.94. The predicted molar refractivity (Wildman–Crippen MR) is 46.2 cm³/mol. The first kappa shape index (κ1) is 10.1. The number of benzene rings is 1. The summed E-state index contributed by atoms with van der Waals surface area (Å²) in [5.41, 5.74) is -0.218. The molecule has 3 heteroatoms. The second-order valence-electron chi connectivity index (χ2n) is 2.94. The van der Waals surface area contributed by atoms with Gasteiger partial charge in [0.15, 0.2) is 0 Å². The Balaban J connectivity index is 2.98. The Kier molecular flexibility index (Phi) is 3.37. The van der Waals surface area contributed by atoms with Gasteiger partial charge in [0.2, 0.25) is 0 Å². The van der Waals surface area contributed by atoms with Crippen LogP contribution >= 0.6 is 0 Å². The molecule has 1 rings (SSSR count). The molecule has 0 aliphatic rings. The van der Waals surface area contributed by atoms with Crippen LogP contribution in [0.25, 0.3) is 0 Å². The summed E-state index contributed by atoms with van der Waals surface area (Å²) >= 11 is 0. The van der Waals surface area contributed by atoms with E-state index in [1.165, 1.54) is 6.07 Å². The fourth-order valence-corrected chi connectivity index (χ4v) is 1.25. The summed E-state index contributed by atoms with van der Waals surface area (Å²) in [7, 11) is 0. The lowest BCUT2D eigenvalue weighted by Crippen LogP contribution is -2.03. The molecule has 0 bridgehead atoms. The second kappa shape index (κ2) is 4.33. The molecule has 72 valence electrons. The SMILES string of the molecule is CCCC(O)c1c(F)cccc1F. The number of halogens is 2. The summed E-state index contributed by atoms with van der Waals surface area (Å²) in [6.45, 7) is 1.85. The molecule has 1 aromatic carbocycles. The smallest absolute Gasteiger partial charge is 0.131 e. The third-order valence-electron chi connectivity index (χ3n) is 1.90. The van der Waals surface area contributed by atoms with Crippen LogP contribution in [-0.2, 0) is 0 Å². The fourth-order valence-electron chi connectivity index (χ4n) is 1.25. The van der Waals surface area contributed by atoms with Crippen molar-refractivity contribution in [2.75, 3.05) is 0 Å². The normalized spacial score (nSPS) is 12.9. The fraction of sp³-hybridized carbons (Fsp3) is 0.400. The average Bonchev–Trinajstić information content (AvgIpc) is 2.04. The Hall–Kier alpha value is -0.960. The van der Waals surface area contributed by atoms with Gasteiger partial charge in [0.1, 0.15) is 11.6 Å². The van der Waals surface area contributed by atoms with Gasteiger partial charge in [0.05, 0.1) is 11.7 Å². The van der Waals surface area contributed by atoms with Gasteiger partial charge in [-0.15, -0.1) is 0 Å². The quantitative estimate of drug-likeness (QED) is 0.769. The van der Waals surface area contributed by atoms with Gasteiger partial charge in [-0.25, -0.2) is 8.78 Å². The Morgan fingerprint density at radius 3 is 2.31 bits per heavy atom. The van der Waals surface area contributed by atoms with Gasteiger partial charge in [0, 0.05) is 0 Å². The molecule has 0 saturated carbocycles. The molecule has 1 unspecified atom stereocenters. The molecule has 0 heterocycles. The highest BCUT2D eigenvalue weighted by Gasteiger charge is 2.16. The minimum absolute atomic E-state index is 0.218. The number of hydrogen-bond donors (Lipinski definition) is 1. The molecular formula is C10H12F2O. The van der Waals surface area contributed by atoms with Crippen LogP contribution in [0.3, 0.4) is 0 Å². The van der Waals surface area contributed by atoms with Crippen molar-refractivity contribution >= 4 is 0 Å². The molecule has 1 N–H and O–H groups in total. The monoisotopic (exact) mass is 186 g/mol. The molecule has 13 heavy (non-hydrogen) atoms. The zero-order valence-corrected chi connectivity index (χ0v) is 7.43. The summed E-state index contributed by atoms with van der Waals surface area (Å²) in [5, 5.41) is 9.40. The van der Waals surface area contributed by atoms with Gasteiger partial charge in [-0.1, -0.05) is 19.4 Å². The van der Waals surface area contributed by atoms with E-state index in [1.54, 1.807) is 0 Å². The molecule has 0 saturated heterocycles. The highest BCUT2D eigenvalue weighted by atomic mass is 19.1. The molecule has 0 amide bonds. The van der Waals surface area contributed by atoms with E-state index in [0.29, 0.717) is 12.8 Å². The van der Waals surface area contributed by atoms with E-state index in [4.69, 9.17) is 0 Å². The van der Waals surface area contributed by atoms with Gasteiger partial charge < -0.3 is 5.11 Å². The molecule has 1 atom stereocenters. The van der Waals surface area contributed by atoms with E-state index >= 15 is 0 Å². The number of aliphatic hydroxyl groups is 1. The third-order valence-corrected chi connectivity index (χ3v) is 1.90. The maximum atomic E-state index is 13.0. The standard InChI is InChI=1S/C10H12F2O/c1-2-4-9(13)10-7(11)5-3-6-8(10)12/h3,5-6,9,13H,2,4H2,1H3. The van der Waals surface area contributed by atoms with Crippen LogP contribution in [-0.4, -0.2) is 5.11 Å². The van der Waals surface area contributed by atoms with Crippen molar-refractivity contribution in [2.45, 2.75) is 25.9 Å². The van der Waals surface area contributed by atoms with Gasteiger partial charge >= 0.3 is 0 Å². The first-order valence-electron chi connectivity index (χ1n) is 4.28. The minimum Gasteiger partial charge on any atom is -0.388 e. The largest absolute Gasteiger partial charge is 0.388 e. The van der Waals surface area contributed by atoms with Gasteiger partial charge in [-0.2, -0.15) is 0 Å². The molecule has 1 aromatic rings. The van der Waals surface area contributed by atoms with E-state index in [2.05, 4.69) is 0 Å². The minimum atomic E-state index is -1.04.